The molecule has 7 nitrogen and oxygen atoms in total. The quantitative estimate of drug-likeness (QED) is 0.740. The largest absolute Gasteiger partial charge is 0.454 e. The summed E-state index contributed by atoms with van der Waals surface area (Å²) >= 11 is 0. The normalized spacial score (nSPS) is 17.5. The molecule has 1 amide bonds. The third-order valence-electron chi connectivity index (χ3n) is 5.74. The summed E-state index contributed by atoms with van der Waals surface area (Å²) in [6, 6.07) is 12.9. The summed E-state index contributed by atoms with van der Waals surface area (Å²) in [7, 11) is 0. The van der Waals surface area contributed by atoms with Crippen LogP contribution >= 0.6 is 0 Å². The van der Waals surface area contributed by atoms with Crippen LogP contribution < -0.4 is 14.8 Å². The molecule has 0 bridgehead atoms. The first-order valence-corrected chi connectivity index (χ1v) is 10.3. The number of rotatable bonds is 6. The van der Waals surface area contributed by atoms with Crippen molar-refractivity contribution in [1.29, 1.82) is 0 Å². The van der Waals surface area contributed by atoms with Gasteiger partial charge in [0, 0.05) is 38.3 Å². The molecule has 0 aliphatic carbocycles. The van der Waals surface area contributed by atoms with E-state index in [4.69, 9.17) is 9.47 Å². The lowest BCUT2D eigenvalue weighted by molar-refractivity contribution is -0.121. The Bertz CT molecular complexity index is 938. The molecule has 2 aromatic rings. The third kappa shape index (κ3) is 4.47. The number of para-hydroxylation sites is 1. The number of nitrogens with zero attached hydrogens (tertiary/aromatic N) is 2. The number of hydrogen-bond acceptors (Lipinski definition) is 6. The van der Waals surface area contributed by atoms with Gasteiger partial charge in [-0.2, -0.15) is 0 Å². The van der Waals surface area contributed by atoms with Crippen LogP contribution in [0.3, 0.4) is 0 Å². The van der Waals surface area contributed by atoms with E-state index < -0.39 is 0 Å². The van der Waals surface area contributed by atoms with Gasteiger partial charge in [-0.1, -0.05) is 18.2 Å². The van der Waals surface area contributed by atoms with Crippen molar-refractivity contribution < 1.29 is 19.1 Å². The molecule has 2 aliphatic heterocycles. The Morgan fingerprint density at radius 3 is 2.53 bits per heavy atom. The molecule has 2 aliphatic rings. The molecule has 1 saturated heterocycles. The number of nitrogens with one attached hydrogen (secondary N) is 1. The lowest BCUT2D eigenvalue weighted by atomic mass is 10.1. The van der Waals surface area contributed by atoms with Gasteiger partial charge in [-0.15, -0.1) is 0 Å². The maximum Gasteiger partial charge on any atom is 0.241 e. The fraction of sp³-hybridized carbons (Fsp3) is 0.391. The molecule has 7 heteroatoms. The zero-order valence-electron chi connectivity index (χ0n) is 17.4. The first-order valence-electron chi connectivity index (χ1n) is 10.3. The first kappa shape index (κ1) is 20.4. The zero-order chi connectivity index (χ0) is 21.1. The predicted molar refractivity (Wildman–Crippen MR) is 114 cm³/mol. The molecular weight excluding hydrogens is 382 g/mol. The van der Waals surface area contributed by atoms with Gasteiger partial charge in [0.1, 0.15) is 0 Å². The van der Waals surface area contributed by atoms with Gasteiger partial charge in [-0.25, -0.2) is 0 Å². The summed E-state index contributed by atoms with van der Waals surface area (Å²) in [4.78, 5) is 29.1. The molecule has 0 unspecified atom stereocenters. The average molecular weight is 409 g/mol. The van der Waals surface area contributed by atoms with Gasteiger partial charge in [-0.3, -0.25) is 19.4 Å². The number of piperazine rings is 1. The minimum Gasteiger partial charge on any atom is -0.454 e. The number of amides is 1. The van der Waals surface area contributed by atoms with Crippen LogP contribution in [0, 0.1) is 0 Å². The topological polar surface area (TPSA) is 71.1 Å². The number of hydrogen-bond donors (Lipinski definition) is 1. The van der Waals surface area contributed by atoms with E-state index in [1.165, 1.54) is 12.5 Å². The number of carbonyl (C=O) groups is 2. The van der Waals surface area contributed by atoms with Crippen molar-refractivity contribution in [1.82, 2.24) is 9.80 Å². The molecule has 1 fully saturated rings. The molecule has 0 aromatic heterocycles. The second kappa shape index (κ2) is 8.85. The lowest BCUT2D eigenvalue weighted by Gasteiger charge is -2.37. The number of carbonyl (C=O) groups excluding carboxylic acids is 2. The maximum atomic E-state index is 12.8. The molecular formula is C23H27N3O4. The van der Waals surface area contributed by atoms with Crippen molar-refractivity contribution in [2.45, 2.75) is 26.4 Å². The summed E-state index contributed by atoms with van der Waals surface area (Å²) in [5, 5.41) is 2.92. The summed E-state index contributed by atoms with van der Waals surface area (Å²) in [6.07, 6.45) is 0. The maximum absolute atomic E-state index is 12.8. The SMILES string of the molecule is CC(=O)c1ccccc1NC(=O)[C@@H](C)N1CCN(Cc2ccc3c(c2)OCO3)CC1. The van der Waals surface area contributed by atoms with Gasteiger partial charge >= 0.3 is 0 Å². The third-order valence-corrected chi connectivity index (χ3v) is 5.74. The molecule has 0 spiro atoms. The molecule has 30 heavy (non-hydrogen) atoms. The van der Waals surface area contributed by atoms with E-state index in [0.29, 0.717) is 11.3 Å². The van der Waals surface area contributed by atoms with E-state index in [2.05, 4.69) is 21.2 Å². The van der Waals surface area contributed by atoms with Crippen LogP contribution in [-0.2, 0) is 11.3 Å². The van der Waals surface area contributed by atoms with Crippen LogP contribution in [-0.4, -0.2) is 60.5 Å². The molecule has 2 heterocycles. The van der Waals surface area contributed by atoms with Crippen LogP contribution in [0.15, 0.2) is 42.5 Å². The molecule has 1 N–H and O–H groups in total. The number of anilines is 1. The number of Topliss-reactive ketones (excluding diaryl/α,β-unsaturated/α-hetero) is 1. The Labute approximate surface area is 176 Å². The molecule has 158 valence electrons. The van der Waals surface area contributed by atoms with Crippen LogP contribution in [0.2, 0.25) is 0 Å². The average Bonchev–Trinajstić information content (AvgIpc) is 3.22. The van der Waals surface area contributed by atoms with E-state index >= 15 is 0 Å². The van der Waals surface area contributed by atoms with E-state index in [-0.39, 0.29) is 24.5 Å². The Morgan fingerprint density at radius 2 is 1.77 bits per heavy atom. The summed E-state index contributed by atoms with van der Waals surface area (Å²) < 4.78 is 10.8. The van der Waals surface area contributed by atoms with Gasteiger partial charge in [0.25, 0.3) is 0 Å². The minimum atomic E-state index is -0.266. The van der Waals surface area contributed by atoms with Crippen molar-refractivity contribution in [3.05, 3.63) is 53.6 Å². The molecule has 1 atom stereocenters. The molecule has 2 aromatic carbocycles. The van der Waals surface area contributed by atoms with Crippen molar-refractivity contribution >= 4 is 17.4 Å². The van der Waals surface area contributed by atoms with Crippen LogP contribution in [0.25, 0.3) is 0 Å². The van der Waals surface area contributed by atoms with Crippen LogP contribution in [0.1, 0.15) is 29.8 Å². The van der Waals surface area contributed by atoms with Crippen LogP contribution in [0.5, 0.6) is 11.5 Å². The Kier molecular flexibility index (Phi) is 6.01. The lowest BCUT2D eigenvalue weighted by Crippen LogP contribution is -2.52. The monoisotopic (exact) mass is 409 g/mol. The van der Waals surface area contributed by atoms with Gasteiger partial charge < -0.3 is 14.8 Å². The van der Waals surface area contributed by atoms with Gasteiger partial charge in [0.05, 0.1) is 11.7 Å². The first-order chi connectivity index (χ1) is 14.5. The highest BCUT2D eigenvalue weighted by molar-refractivity contribution is 6.04. The van der Waals surface area contributed by atoms with Gasteiger partial charge in [0.15, 0.2) is 17.3 Å². The fourth-order valence-corrected chi connectivity index (χ4v) is 3.91. The van der Waals surface area contributed by atoms with Gasteiger partial charge in [0.2, 0.25) is 12.7 Å². The van der Waals surface area contributed by atoms with E-state index in [0.717, 1.165) is 44.2 Å². The number of ketones is 1. The molecule has 0 saturated carbocycles. The highest BCUT2D eigenvalue weighted by Gasteiger charge is 2.26. The minimum absolute atomic E-state index is 0.0596. The number of benzene rings is 2. The van der Waals surface area contributed by atoms with E-state index in [1.807, 2.05) is 25.1 Å². The van der Waals surface area contributed by atoms with E-state index in [9.17, 15) is 9.59 Å². The van der Waals surface area contributed by atoms with Crippen molar-refractivity contribution in [2.24, 2.45) is 0 Å². The second-order valence-electron chi connectivity index (χ2n) is 7.77. The number of fused-ring (bicyclic) bond motifs is 1. The Morgan fingerprint density at radius 1 is 1.03 bits per heavy atom. The predicted octanol–water partition coefficient (Wildman–Crippen LogP) is 2.76. The fourth-order valence-electron chi connectivity index (χ4n) is 3.91. The van der Waals surface area contributed by atoms with Crippen molar-refractivity contribution in [2.75, 3.05) is 38.3 Å². The molecule has 0 radical (unpaired) electrons. The standard InChI is InChI=1S/C23H27N3O4/c1-16(23(28)24-20-6-4-3-5-19(20)17(2)27)26-11-9-25(10-12-26)14-18-7-8-21-22(13-18)30-15-29-21/h3-8,13,16H,9-12,14-15H2,1-2H3,(H,24,28)/t16-/m1/s1. The summed E-state index contributed by atoms with van der Waals surface area (Å²) in [6.45, 7) is 7.95. The number of ether oxygens (including phenoxy) is 2. The smallest absolute Gasteiger partial charge is 0.241 e. The Balaban J connectivity index is 1.30. The highest BCUT2D eigenvalue weighted by atomic mass is 16.7. The van der Waals surface area contributed by atoms with E-state index in [1.54, 1.807) is 18.2 Å². The molecule has 4 rings (SSSR count). The summed E-state index contributed by atoms with van der Waals surface area (Å²) in [5.41, 5.74) is 2.30. The van der Waals surface area contributed by atoms with Crippen LogP contribution in [0.4, 0.5) is 5.69 Å². The Hall–Kier alpha value is -2.90. The highest BCUT2D eigenvalue weighted by Crippen LogP contribution is 2.32. The van der Waals surface area contributed by atoms with Crippen molar-refractivity contribution in [3.8, 4) is 11.5 Å². The zero-order valence-corrected chi connectivity index (χ0v) is 17.4. The van der Waals surface area contributed by atoms with Gasteiger partial charge in [-0.05, 0) is 43.7 Å². The van der Waals surface area contributed by atoms with Crippen molar-refractivity contribution in [3.63, 3.8) is 0 Å². The second-order valence-corrected chi connectivity index (χ2v) is 7.77. The summed E-state index contributed by atoms with van der Waals surface area (Å²) in [5.74, 6) is 1.46.